The van der Waals surface area contributed by atoms with Gasteiger partial charge in [0.15, 0.2) is 0 Å². The number of amides is 1. The number of nitrogens with zero attached hydrogens (tertiary/aromatic N) is 3. The Balaban J connectivity index is 2.00. The van der Waals surface area contributed by atoms with Gasteiger partial charge in [-0.3, -0.25) is 4.79 Å². The highest BCUT2D eigenvalue weighted by molar-refractivity contribution is 5.81. The van der Waals surface area contributed by atoms with Crippen LogP contribution in [-0.4, -0.2) is 35.5 Å². The molecule has 0 aromatic carbocycles. The minimum atomic E-state index is 0.0200. The van der Waals surface area contributed by atoms with Crippen molar-refractivity contribution in [3.63, 3.8) is 0 Å². The van der Waals surface area contributed by atoms with Crippen LogP contribution in [0.4, 0.5) is 11.6 Å². The van der Waals surface area contributed by atoms with Crippen molar-refractivity contribution in [2.45, 2.75) is 25.8 Å². The van der Waals surface area contributed by atoms with Crippen molar-refractivity contribution in [2.75, 3.05) is 24.2 Å². The molecule has 1 saturated carbocycles. The van der Waals surface area contributed by atoms with Crippen LogP contribution in [0.3, 0.4) is 0 Å². The molecular formula is C11H17N5O. The van der Waals surface area contributed by atoms with Gasteiger partial charge >= 0.3 is 0 Å². The summed E-state index contributed by atoms with van der Waals surface area (Å²) < 4.78 is 0. The van der Waals surface area contributed by atoms with Gasteiger partial charge in [0, 0.05) is 18.7 Å². The van der Waals surface area contributed by atoms with Gasteiger partial charge in [0.1, 0.15) is 18.0 Å². The molecule has 1 amide bonds. The van der Waals surface area contributed by atoms with Crippen LogP contribution in [0.2, 0.25) is 0 Å². The summed E-state index contributed by atoms with van der Waals surface area (Å²) in [6.07, 6.45) is 3.59. The molecule has 0 unspecified atom stereocenters. The molecule has 6 heteroatoms. The van der Waals surface area contributed by atoms with E-state index in [2.05, 4.69) is 15.3 Å². The summed E-state index contributed by atoms with van der Waals surface area (Å²) in [5.74, 6) is 1.17. The van der Waals surface area contributed by atoms with Crippen LogP contribution >= 0.6 is 0 Å². The molecule has 17 heavy (non-hydrogen) atoms. The number of rotatable bonds is 4. The fourth-order valence-corrected chi connectivity index (χ4v) is 1.63. The Labute approximate surface area is 100 Å². The second-order valence-electron chi connectivity index (χ2n) is 4.41. The van der Waals surface area contributed by atoms with Crippen molar-refractivity contribution < 1.29 is 4.79 Å². The fraction of sp³-hybridized carbons (Fsp3) is 0.545. The normalized spacial score (nSPS) is 14.5. The van der Waals surface area contributed by atoms with Gasteiger partial charge in [0.2, 0.25) is 5.91 Å². The zero-order chi connectivity index (χ0) is 12.4. The van der Waals surface area contributed by atoms with E-state index in [0.717, 1.165) is 18.4 Å². The predicted molar refractivity (Wildman–Crippen MR) is 65.6 cm³/mol. The van der Waals surface area contributed by atoms with Crippen molar-refractivity contribution in [1.29, 1.82) is 0 Å². The predicted octanol–water partition coefficient (Wildman–Crippen LogP) is 0.0820. The molecule has 92 valence electrons. The van der Waals surface area contributed by atoms with E-state index < -0.39 is 0 Å². The Morgan fingerprint density at radius 1 is 1.59 bits per heavy atom. The van der Waals surface area contributed by atoms with E-state index in [-0.39, 0.29) is 12.5 Å². The van der Waals surface area contributed by atoms with Gasteiger partial charge < -0.3 is 16.0 Å². The number of anilines is 2. The van der Waals surface area contributed by atoms with Crippen LogP contribution < -0.4 is 16.0 Å². The summed E-state index contributed by atoms with van der Waals surface area (Å²) in [6.45, 7) is 2.13. The van der Waals surface area contributed by atoms with Gasteiger partial charge in [-0.25, -0.2) is 9.97 Å². The third kappa shape index (κ3) is 2.83. The van der Waals surface area contributed by atoms with E-state index in [1.54, 1.807) is 4.90 Å². The number of carbonyl (C=O) groups is 1. The second kappa shape index (κ2) is 4.57. The number of hydrogen-bond acceptors (Lipinski definition) is 5. The van der Waals surface area contributed by atoms with Crippen LogP contribution in [0.5, 0.6) is 0 Å². The van der Waals surface area contributed by atoms with E-state index >= 15 is 0 Å². The van der Waals surface area contributed by atoms with Gasteiger partial charge in [-0.05, 0) is 19.8 Å². The highest BCUT2D eigenvalue weighted by Gasteiger charge is 2.24. The number of carbonyl (C=O) groups excluding carboxylic acids is 1. The van der Waals surface area contributed by atoms with E-state index in [4.69, 9.17) is 5.73 Å². The van der Waals surface area contributed by atoms with Crippen LogP contribution in [0.15, 0.2) is 6.33 Å². The number of hydrogen-bond donors (Lipinski definition) is 2. The molecule has 1 aliphatic rings. The molecule has 2 rings (SSSR count). The number of nitrogens with one attached hydrogen (secondary N) is 1. The van der Waals surface area contributed by atoms with Crippen molar-refractivity contribution in [3.8, 4) is 0 Å². The first-order valence-electron chi connectivity index (χ1n) is 5.65. The van der Waals surface area contributed by atoms with Gasteiger partial charge in [-0.15, -0.1) is 0 Å². The Morgan fingerprint density at radius 3 is 2.94 bits per heavy atom. The molecule has 3 N–H and O–H groups in total. The lowest BCUT2D eigenvalue weighted by Gasteiger charge is -2.19. The Morgan fingerprint density at radius 2 is 2.29 bits per heavy atom. The quantitative estimate of drug-likeness (QED) is 0.772. The smallest absolute Gasteiger partial charge is 0.239 e. The molecule has 1 aromatic rings. The SMILES string of the molecule is Cc1c(N)ncnc1N(C)CC(=O)NC1CC1. The first-order chi connectivity index (χ1) is 8.08. The summed E-state index contributed by atoms with van der Waals surface area (Å²) in [5.41, 5.74) is 6.50. The molecule has 0 aliphatic heterocycles. The monoisotopic (exact) mass is 235 g/mol. The molecule has 0 spiro atoms. The van der Waals surface area contributed by atoms with E-state index in [1.165, 1.54) is 6.33 Å². The van der Waals surface area contributed by atoms with Gasteiger partial charge in [-0.1, -0.05) is 0 Å². The average Bonchev–Trinajstić information content (AvgIpc) is 3.05. The number of nitrogen functional groups attached to an aromatic ring is 1. The fourth-order valence-electron chi connectivity index (χ4n) is 1.63. The Kier molecular flexibility index (Phi) is 3.12. The lowest BCUT2D eigenvalue weighted by Crippen LogP contribution is -2.36. The summed E-state index contributed by atoms with van der Waals surface area (Å²) >= 11 is 0. The molecule has 0 radical (unpaired) electrons. The summed E-state index contributed by atoms with van der Waals surface area (Å²) in [5, 5.41) is 2.93. The topological polar surface area (TPSA) is 84.1 Å². The van der Waals surface area contributed by atoms with E-state index in [1.807, 2.05) is 14.0 Å². The van der Waals surface area contributed by atoms with E-state index in [9.17, 15) is 4.79 Å². The number of nitrogens with two attached hydrogens (primary N) is 1. The molecule has 0 saturated heterocycles. The summed E-state index contributed by atoms with van der Waals surface area (Å²) in [7, 11) is 1.82. The molecular weight excluding hydrogens is 218 g/mol. The zero-order valence-electron chi connectivity index (χ0n) is 10.1. The van der Waals surface area contributed by atoms with Crippen LogP contribution in [-0.2, 0) is 4.79 Å². The minimum absolute atomic E-state index is 0.0200. The zero-order valence-corrected chi connectivity index (χ0v) is 10.1. The van der Waals surface area contributed by atoms with Crippen molar-refractivity contribution >= 4 is 17.5 Å². The maximum atomic E-state index is 11.6. The maximum absolute atomic E-state index is 11.6. The summed E-state index contributed by atoms with van der Waals surface area (Å²) in [4.78, 5) is 21.5. The first-order valence-corrected chi connectivity index (χ1v) is 5.65. The highest BCUT2D eigenvalue weighted by Crippen LogP contribution is 2.20. The molecule has 1 heterocycles. The van der Waals surface area contributed by atoms with Crippen LogP contribution in [0.1, 0.15) is 18.4 Å². The minimum Gasteiger partial charge on any atom is -0.383 e. The standard InChI is InChI=1S/C11H17N5O/c1-7-10(12)13-6-14-11(7)16(2)5-9(17)15-8-3-4-8/h6,8H,3-5H2,1-2H3,(H,15,17)(H2,12,13,14). The maximum Gasteiger partial charge on any atom is 0.239 e. The molecule has 1 aromatic heterocycles. The third-order valence-corrected chi connectivity index (χ3v) is 2.78. The first kappa shape index (κ1) is 11.6. The molecule has 0 atom stereocenters. The van der Waals surface area contributed by atoms with Crippen molar-refractivity contribution in [1.82, 2.24) is 15.3 Å². The van der Waals surface area contributed by atoms with Crippen LogP contribution in [0.25, 0.3) is 0 Å². The highest BCUT2D eigenvalue weighted by atomic mass is 16.2. The van der Waals surface area contributed by atoms with Gasteiger partial charge in [0.05, 0.1) is 6.54 Å². The van der Waals surface area contributed by atoms with Crippen molar-refractivity contribution in [2.24, 2.45) is 0 Å². The van der Waals surface area contributed by atoms with Crippen molar-refractivity contribution in [3.05, 3.63) is 11.9 Å². The summed E-state index contributed by atoms with van der Waals surface area (Å²) in [6, 6.07) is 0.382. The Bertz CT molecular complexity index is 430. The van der Waals surface area contributed by atoms with Gasteiger partial charge in [0.25, 0.3) is 0 Å². The molecule has 1 fully saturated rings. The average molecular weight is 235 g/mol. The van der Waals surface area contributed by atoms with Gasteiger partial charge in [-0.2, -0.15) is 0 Å². The largest absolute Gasteiger partial charge is 0.383 e. The molecule has 6 nitrogen and oxygen atoms in total. The third-order valence-electron chi connectivity index (χ3n) is 2.78. The lowest BCUT2D eigenvalue weighted by molar-refractivity contribution is -0.119. The molecule has 1 aliphatic carbocycles. The number of aromatic nitrogens is 2. The second-order valence-corrected chi connectivity index (χ2v) is 4.41. The lowest BCUT2D eigenvalue weighted by atomic mass is 10.3. The number of likely N-dealkylation sites (N-methyl/N-ethyl adjacent to an activating group) is 1. The Hall–Kier alpha value is -1.85. The molecule has 0 bridgehead atoms. The van der Waals surface area contributed by atoms with Crippen LogP contribution in [0, 0.1) is 6.92 Å². The van der Waals surface area contributed by atoms with E-state index in [0.29, 0.717) is 17.7 Å².